The predicted molar refractivity (Wildman–Crippen MR) is 178 cm³/mol. The van der Waals surface area contributed by atoms with Gasteiger partial charge in [-0.15, -0.1) is 0 Å². The summed E-state index contributed by atoms with van der Waals surface area (Å²) in [6, 6.07) is 25.8. The van der Waals surface area contributed by atoms with Gasteiger partial charge in [-0.05, 0) is 84.6 Å². The number of hydrogen-bond acceptors (Lipinski definition) is 4. The molecule has 0 N–H and O–H groups in total. The number of rotatable bonds is 7. The summed E-state index contributed by atoms with van der Waals surface area (Å²) in [5.41, 5.74) is 4.98. The fraction of sp³-hybridized carbons (Fsp3) is 0.108. The van der Waals surface area contributed by atoms with Crippen molar-refractivity contribution in [1.29, 1.82) is 0 Å². The van der Waals surface area contributed by atoms with Crippen molar-refractivity contribution in [3.63, 3.8) is 0 Å². The zero-order chi connectivity index (χ0) is 33.6. The second-order valence-electron chi connectivity index (χ2n) is 11.1. The van der Waals surface area contributed by atoms with Crippen LogP contribution in [-0.2, 0) is 14.8 Å². The molecule has 0 aliphatic heterocycles. The molecule has 0 atom stereocenters. The standard InChI is InChI=1S/C37H27ClF3NO4S/c1-21-6-4-7-22(2)33(21)34-30-20-27(39)13-17-32(30)42(47(44,45)28-14-10-23(11-15-28)36(40)41)35(34)25-9-5-8-24(18-25)29-16-12-26(19-31(29)38)37(43)46-3/h4-20,36H,1-3H3. The fourth-order valence-corrected chi connectivity index (χ4v) is 7.76. The number of fused-ring (bicyclic) bond motifs is 1. The Kier molecular flexibility index (Phi) is 8.46. The molecule has 238 valence electrons. The number of alkyl halides is 2. The molecule has 0 radical (unpaired) electrons. The molecule has 0 unspecified atom stereocenters. The Morgan fingerprint density at radius 1 is 0.809 bits per heavy atom. The number of halogens is 4. The highest BCUT2D eigenvalue weighted by molar-refractivity contribution is 7.90. The van der Waals surface area contributed by atoms with Crippen LogP contribution in [0.1, 0.15) is 33.5 Å². The molecule has 1 heterocycles. The van der Waals surface area contributed by atoms with Crippen LogP contribution in [0.5, 0.6) is 0 Å². The minimum absolute atomic E-state index is 0.211. The summed E-state index contributed by atoms with van der Waals surface area (Å²) in [5.74, 6) is -1.10. The number of aromatic nitrogens is 1. The molecule has 6 aromatic rings. The lowest BCUT2D eigenvalue weighted by Crippen LogP contribution is -2.14. The highest BCUT2D eigenvalue weighted by atomic mass is 35.5. The van der Waals surface area contributed by atoms with Crippen molar-refractivity contribution in [2.45, 2.75) is 25.2 Å². The SMILES string of the molecule is COC(=O)c1ccc(-c2cccc(-c3c(-c4c(C)cccc4C)c4cc(F)ccc4n3S(=O)(=O)c3ccc(C(F)F)cc3)c2)c(Cl)c1. The Hall–Kier alpha value is -4.86. The van der Waals surface area contributed by atoms with Gasteiger partial charge in [-0.25, -0.2) is 30.4 Å². The Morgan fingerprint density at radius 3 is 2.11 bits per heavy atom. The van der Waals surface area contributed by atoms with Gasteiger partial charge in [-0.3, -0.25) is 0 Å². The monoisotopic (exact) mass is 673 g/mol. The molecule has 10 heteroatoms. The van der Waals surface area contributed by atoms with E-state index in [0.717, 1.165) is 44.9 Å². The topological polar surface area (TPSA) is 65.4 Å². The third-order valence-corrected chi connectivity index (χ3v) is 10.2. The summed E-state index contributed by atoms with van der Waals surface area (Å²) in [7, 11) is -3.17. The summed E-state index contributed by atoms with van der Waals surface area (Å²) in [6.07, 6.45) is -2.77. The molecular weight excluding hydrogens is 647 g/mol. The van der Waals surface area contributed by atoms with Crippen molar-refractivity contribution in [2.75, 3.05) is 7.11 Å². The first-order chi connectivity index (χ1) is 22.4. The Morgan fingerprint density at radius 2 is 1.47 bits per heavy atom. The lowest BCUT2D eigenvalue weighted by Gasteiger charge is -2.17. The van der Waals surface area contributed by atoms with E-state index in [0.29, 0.717) is 27.6 Å². The smallest absolute Gasteiger partial charge is 0.337 e. The molecule has 5 nitrogen and oxygen atoms in total. The molecule has 1 aromatic heterocycles. The molecule has 0 saturated heterocycles. The zero-order valence-corrected chi connectivity index (χ0v) is 27.0. The maximum atomic E-state index is 15.0. The lowest BCUT2D eigenvalue weighted by molar-refractivity contribution is 0.0600. The van der Waals surface area contributed by atoms with Crippen molar-refractivity contribution >= 4 is 38.5 Å². The van der Waals surface area contributed by atoms with E-state index in [2.05, 4.69) is 0 Å². The average molecular weight is 674 g/mol. The van der Waals surface area contributed by atoms with Crippen LogP contribution in [0.15, 0.2) is 108 Å². The molecular formula is C37H27ClF3NO4S. The predicted octanol–water partition coefficient (Wildman–Crippen LogP) is 10.0. The number of carbonyl (C=O) groups is 1. The van der Waals surface area contributed by atoms with Crippen LogP contribution in [0.2, 0.25) is 5.02 Å². The Balaban J connectivity index is 1.70. The van der Waals surface area contributed by atoms with Crippen LogP contribution in [-0.4, -0.2) is 25.5 Å². The number of methoxy groups -OCH3 is 1. The van der Waals surface area contributed by atoms with Crippen LogP contribution in [0.25, 0.3) is 44.4 Å². The van der Waals surface area contributed by atoms with Gasteiger partial charge in [-0.1, -0.05) is 66.2 Å². The summed E-state index contributed by atoms with van der Waals surface area (Å²) in [4.78, 5) is 11.9. The highest BCUT2D eigenvalue weighted by Crippen LogP contribution is 2.46. The van der Waals surface area contributed by atoms with Crippen LogP contribution < -0.4 is 0 Å². The van der Waals surface area contributed by atoms with Gasteiger partial charge in [0.05, 0.1) is 28.8 Å². The largest absolute Gasteiger partial charge is 0.465 e. The number of hydrogen-bond donors (Lipinski definition) is 0. The summed E-state index contributed by atoms with van der Waals surface area (Å²) in [5, 5.41) is 0.630. The molecule has 0 spiro atoms. The second-order valence-corrected chi connectivity index (χ2v) is 13.3. The number of benzene rings is 5. The van der Waals surface area contributed by atoms with Gasteiger partial charge in [0, 0.05) is 32.7 Å². The minimum Gasteiger partial charge on any atom is -0.465 e. The molecule has 0 saturated carbocycles. The van der Waals surface area contributed by atoms with Crippen LogP contribution in [0, 0.1) is 19.7 Å². The van der Waals surface area contributed by atoms with Gasteiger partial charge in [0.25, 0.3) is 16.4 Å². The van der Waals surface area contributed by atoms with Crippen molar-refractivity contribution in [1.82, 2.24) is 3.97 Å². The molecule has 0 fully saturated rings. The first-order valence-electron chi connectivity index (χ1n) is 14.4. The first kappa shape index (κ1) is 32.1. The maximum Gasteiger partial charge on any atom is 0.337 e. The number of aryl methyl sites for hydroxylation is 2. The normalized spacial score (nSPS) is 11.7. The lowest BCUT2D eigenvalue weighted by atomic mass is 9.91. The number of nitrogens with zero attached hydrogens (tertiary/aromatic N) is 1. The Labute approximate surface area is 274 Å². The van der Waals surface area contributed by atoms with Gasteiger partial charge >= 0.3 is 5.97 Å². The van der Waals surface area contributed by atoms with E-state index in [1.54, 1.807) is 36.4 Å². The number of ether oxygens (including phenoxy) is 1. The molecule has 47 heavy (non-hydrogen) atoms. The maximum absolute atomic E-state index is 15.0. The fourth-order valence-electron chi connectivity index (χ4n) is 5.93. The van der Waals surface area contributed by atoms with E-state index in [4.69, 9.17) is 16.3 Å². The molecule has 0 bridgehead atoms. The summed E-state index contributed by atoms with van der Waals surface area (Å²) < 4.78 is 76.9. The third-order valence-electron chi connectivity index (χ3n) is 8.13. The molecule has 0 amide bonds. The van der Waals surface area contributed by atoms with Crippen LogP contribution in [0.4, 0.5) is 13.2 Å². The first-order valence-corrected chi connectivity index (χ1v) is 16.3. The van der Waals surface area contributed by atoms with Gasteiger partial charge < -0.3 is 4.74 Å². The number of carbonyl (C=O) groups excluding carboxylic acids is 1. The second kappa shape index (κ2) is 12.4. The van der Waals surface area contributed by atoms with Crippen LogP contribution >= 0.6 is 11.6 Å². The van der Waals surface area contributed by atoms with E-state index in [9.17, 15) is 26.4 Å². The quantitative estimate of drug-likeness (QED) is 0.158. The van der Waals surface area contributed by atoms with Crippen LogP contribution in [0.3, 0.4) is 0 Å². The summed E-state index contributed by atoms with van der Waals surface area (Å²) >= 11 is 6.63. The van der Waals surface area contributed by atoms with E-state index >= 15 is 0 Å². The van der Waals surface area contributed by atoms with Gasteiger partial charge in [-0.2, -0.15) is 0 Å². The Bertz CT molecular complexity index is 2280. The van der Waals surface area contributed by atoms with Crippen molar-refractivity contribution in [3.05, 3.63) is 136 Å². The number of esters is 1. The van der Waals surface area contributed by atoms with Crippen molar-refractivity contribution < 1.29 is 31.1 Å². The average Bonchev–Trinajstić information content (AvgIpc) is 3.39. The third kappa shape index (κ3) is 5.70. The van der Waals surface area contributed by atoms with E-state index in [-0.39, 0.29) is 32.3 Å². The molecule has 6 rings (SSSR count). The molecule has 0 aliphatic carbocycles. The van der Waals surface area contributed by atoms with Crippen molar-refractivity contribution in [2.24, 2.45) is 0 Å². The van der Waals surface area contributed by atoms with Gasteiger partial charge in [0.1, 0.15) is 5.82 Å². The van der Waals surface area contributed by atoms with Gasteiger partial charge in [0.2, 0.25) is 0 Å². The van der Waals surface area contributed by atoms with E-state index in [1.807, 2.05) is 32.0 Å². The van der Waals surface area contributed by atoms with Crippen molar-refractivity contribution in [3.8, 4) is 33.5 Å². The molecule has 5 aromatic carbocycles. The minimum atomic E-state index is -4.44. The van der Waals surface area contributed by atoms with Gasteiger partial charge in [0.15, 0.2) is 0 Å². The highest BCUT2D eigenvalue weighted by Gasteiger charge is 2.30. The molecule has 0 aliphatic rings. The summed E-state index contributed by atoms with van der Waals surface area (Å²) in [6.45, 7) is 3.79. The van der Waals surface area contributed by atoms with E-state index in [1.165, 1.54) is 31.4 Å². The zero-order valence-electron chi connectivity index (χ0n) is 25.4. The van der Waals surface area contributed by atoms with E-state index < -0.39 is 28.2 Å².